The van der Waals surface area contributed by atoms with E-state index in [0.717, 1.165) is 42.7 Å². The quantitative estimate of drug-likeness (QED) is 0.548. The number of nitroso groups, excluding NO2 is 1. The van der Waals surface area contributed by atoms with Gasteiger partial charge in [0.15, 0.2) is 5.82 Å². The molecule has 7 nitrogen and oxygen atoms in total. The second-order valence-electron chi connectivity index (χ2n) is 6.90. The Labute approximate surface area is 171 Å². The largest absolute Gasteiger partial charge is 0.488 e. The lowest BCUT2D eigenvalue weighted by atomic mass is 10.1. The number of hydrogen-bond acceptors (Lipinski definition) is 8. The van der Waals surface area contributed by atoms with Gasteiger partial charge in [0.05, 0.1) is 18.7 Å². The first-order valence-electron chi connectivity index (χ1n) is 9.52. The fraction of sp³-hybridized carbons (Fsp3) is 0.286. The van der Waals surface area contributed by atoms with E-state index in [9.17, 15) is 4.91 Å². The minimum Gasteiger partial charge on any atom is -0.488 e. The van der Waals surface area contributed by atoms with Gasteiger partial charge in [-0.2, -0.15) is 0 Å². The zero-order valence-electron chi connectivity index (χ0n) is 15.6. The van der Waals surface area contributed by atoms with Crippen molar-refractivity contribution in [3.63, 3.8) is 0 Å². The predicted octanol–water partition coefficient (Wildman–Crippen LogP) is 5.13. The Bertz CT molecular complexity index is 1110. The monoisotopic (exact) mass is 406 g/mol. The van der Waals surface area contributed by atoms with Gasteiger partial charge in [-0.15, -0.1) is 16.2 Å². The van der Waals surface area contributed by atoms with Gasteiger partial charge in [0, 0.05) is 23.6 Å². The van der Waals surface area contributed by atoms with Gasteiger partial charge in [0.25, 0.3) is 0 Å². The average molecular weight is 406 g/mol. The van der Waals surface area contributed by atoms with Crippen LogP contribution in [0.2, 0.25) is 0 Å². The van der Waals surface area contributed by atoms with Crippen LogP contribution in [0, 0.1) is 4.91 Å². The van der Waals surface area contributed by atoms with E-state index >= 15 is 0 Å². The number of thiophene rings is 1. The van der Waals surface area contributed by atoms with Crippen LogP contribution in [-0.4, -0.2) is 35.5 Å². The molecule has 0 radical (unpaired) electrons. The summed E-state index contributed by atoms with van der Waals surface area (Å²) >= 11 is 1.42. The molecule has 4 heterocycles. The molecule has 5 rings (SSSR count). The normalized spacial score (nSPS) is 18.8. The first-order chi connectivity index (χ1) is 14.3. The van der Waals surface area contributed by atoms with Crippen molar-refractivity contribution < 1.29 is 9.47 Å². The highest BCUT2D eigenvalue weighted by atomic mass is 32.1. The smallest absolute Gasteiger partial charge is 0.218 e. The van der Waals surface area contributed by atoms with Crippen molar-refractivity contribution in [2.45, 2.75) is 25.4 Å². The molecule has 146 valence electrons. The summed E-state index contributed by atoms with van der Waals surface area (Å²) in [5.41, 5.74) is 3.33. The molecule has 0 bridgehead atoms. The van der Waals surface area contributed by atoms with Crippen LogP contribution in [0.15, 0.2) is 45.9 Å². The van der Waals surface area contributed by atoms with E-state index in [4.69, 9.17) is 14.5 Å². The van der Waals surface area contributed by atoms with Crippen molar-refractivity contribution in [1.82, 2.24) is 9.97 Å². The fourth-order valence-corrected chi connectivity index (χ4v) is 4.39. The number of fused-ring (bicyclic) bond motifs is 1. The van der Waals surface area contributed by atoms with Crippen LogP contribution in [0.1, 0.15) is 25.1 Å². The Morgan fingerprint density at radius 2 is 2.07 bits per heavy atom. The Kier molecular flexibility index (Phi) is 4.87. The Hall–Kier alpha value is -2.97. The summed E-state index contributed by atoms with van der Waals surface area (Å²) in [7, 11) is 0. The Balaban J connectivity index is 1.52. The molecule has 2 aromatic heterocycles. The summed E-state index contributed by atoms with van der Waals surface area (Å²) in [5, 5.41) is 5.11. The van der Waals surface area contributed by atoms with Crippen molar-refractivity contribution in [3.8, 4) is 16.9 Å². The van der Waals surface area contributed by atoms with E-state index in [1.54, 1.807) is 0 Å². The lowest BCUT2D eigenvalue weighted by Gasteiger charge is -2.12. The molecule has 0 saturated carbocycles. The Morgan fingerprint density at radius 1 is 1.17 bits per heavy atom. The van der Waals surface area contributed by atoms with E-state index in [-0.39, 0.29) is 11.9 Å². The van der Waals surface area contributed by atoms with E-state index in [1.165, 1.54) is 11.3 Å². The number of aliphatic imine (C=N–C) groups is 1. The molecule has 1 aromatic carbocycles. The van der Waals surface area contributed by atoms with E-state index in [1.807, 2.05) is 41.9 Å². The number of ether oxygens (including phenoxy) is 2. The second-order valence-corrected chi connectivity index (χ2v) is 7.78. The lowest BCUT2D eigenvalue weighted by molar-refractivity contribution is 0.141. The molecule has 8 heteroatoms. The topological polar surface area (TPSA) is 86.0 Å². The first kappa shape index (κ1) is 18.1. The van der Waals surface area contributed by atoms with Gasteiger partial charge in [0.1, 0.15) is 22.3 Å². The summed E-state index contributed by atoms with van der Waals surface area (Å²) < 4.78 is 12.0. The summed E-state index contributed by atoms with van der Waals surface area (Å²) in [4.78, 5) is 24.8. The maximum Gasteiger partial charge on any atom is 0.218 e. The number of aromatic nitrogens is 2. The van der Waals surface area contributed by atoms with Gasteiger partial charge >= 0.3 is 0 Å². The van der Waals surface area contributed by atoms with Crippen molar-refractivity contribution in [2.24, 2.45) is 10.2 Å². The molecule has 2 aliphatic heterocycles. The second kappa shape index (κ2) is 7.81. The van der Waals surface area contributed by atoms with Gasteiger partial charge < -0.3 is 9.47 Å². The van der Waals surface area contributed by atoms with Crippen LogP contribution < -0.4 is 4.74 Å². The summed E-state index contributed by atoms with van der Waals surface area (Å²) in [6, 6.07) is 7.90. The van der Waals surface area contributed by atoms with Crippen LogP contribution in [-0.2, 0) is 4.74 Å². The molecule has 29 heavy (non-hydrogen) atoms. The van der Waals surface area contributed by atoms with Gasteiger partial charge in [-0.05, 0) is 35.7 Å². The third-order valence-electron chi connectivity index (χ3n) is 4.93. The number of allylic oxidation sites excluding steroid dienone is 1. The van der Waals surface area contributed by atoms with E-state index in [2.05, 4.69) is 15.2 Å². The molecule has 0 amide bonds. The number of hydrogen-bond donors (Lipinski definition) is 0. The Morgan fingerprint density at radius 3 is 2.79 bits per heavy atom. The third kappa shape index (κ3) is 3.56. The molecular formula is C21H18N4O3S. The molecule has 1 atom stereocenters. The summed E-state index contributed by atoms with van der Waals surface area (Å²) in [6.45, 7) is 1.38. The van der Waals surface area contributed by atoms with Gasteiger partial charge in [-0.1, -0.05) is 18.2 Å². The molecule has 0 unspecified atom stereocenters. The molecule has 1 saturated heterocycles. The predicted molar refractivity (Wildman–Crippen MR) is 114 cm³/mol. The first-order valence-corrected chi connectivity index (χ1v) is 10.4. The average Bonchev–Trinajstić information content (AvgIpc) is 3.44. The molecular weight excluding hydrogens is 388 g/mol. The van der Waals surface area contributed by atoms with Gasteiger partial charge in [-0.25, -0.2) is 9.97 Å². The molecule has 0 spiro atoms. The molecule has 2 aliphatic rings. The fourth-order valence-electron chi connectivity index (χ4n) is 3.46. The maximum absolute atomic E-state index is 11.4. The van der Waals surface area contributed by atoms with Crippen molar-refractivity contribution >= 4 is 39.3 Å². The molecule has 0 aliphatic carbocycles. The summed E-state index contributed by atoms with van der Waals surface area (Å²) in [5.74, 6) is 1.41. The highest BCUT2D eigenvalue weighted by molar-refractivity contribution is 7.18. The number of benzene rings is 1. The molecule has 3 aromatic rings. The standard InChI is InChI=1S/C21H18N4O3S/c26-25-21-19-18(23-20(24-21)17-3-1-2-9-22-17)16(12-29-19)13-4-6-14(7-5-13)28-15-8-10-27-11-15/h3-7,9,12,15H,1-2,8,10-11H2/t15-/m0/s1. The number of rotatable bonds is 5. The van der Waals surface area contributed by atoms with Crippen molar-refractivity contribution in [3.05, 3.63) is 46.5 Å². The minimum atomic E-state index is 0.115. The lowest BCUT2D eigenvalue weighted by Crippen LogP contribution is -2.15. The molecule has 0 N–H and O–H groups in total. The van der Waals surface area contributed by atoms with Crippen LogP contribution in [0.3, 0.4) is 0 Å². The van der Waals surface area contributed by atoms with E-state index in [0.29, 0.717) is 28.3 Å². The zero-order valence-corrected chi connectivity index (χ0v) is 16.4. The van der Waals surface area contributed by atoms with Crippen LogP contribution in [0.4, 0.5) is 5.82 Å². The van der Waals surface area contributed by atoms with Gasteiger partial charge in [0.2, 0.25) is 5.82 Å². The van der Waals surface area contributed by atoms with Crippen LogP contribution in [0.25, 0.3) is 27.0 Å². The minimum absolute atomic E-state index is 0.115. The van der Waals surface area contributed by atoms with Crippen molar-refractivity contribution in [1.29, 1.82) is 0 Å². The SMILES string of the molecule is O=Nc1nc(C2=CCCC=N2)nc2c(-c3ccc(O[C@H]4CCOC4)cc3)csc12. The summed E-state index contributed by atoms with van der Waals surface area (Å²) in [6.07, 6.45) is 6.64. The highest BCUT2D eigenvalue weighted by Crippen LogP contribution is 2.38. The highest BCUT2D eigenvalue weighted by Gasteiger charge is 2.19. The molecule has 1 fully saturated rings. The maximum atomic E-state index is 11.4. The van der Waals surface area contributed by atoms with Crippen LogP contribution >= 0.6 is 11.3 Å². The van der Waals surface area contributed by atoms with Gasteiger partial charge in [-0.3, -0.25) is 4.99 Å². The third-order valence-corrected chi connectivity index (χ3v) is 5.90. The van der Waals surface area contributed by atoms with Crippen LogP contribution in [0.5, 0.6) is 5.75 Å². The van der Waals surface area contributed by atoms with E-state index < -0.39 is 0 Å². The number of nitrogens with zero attached hydrogens (tertiary/aromatic N) is 4. The zero-order chi connectivity index (χ0) is 19.6. The van der Waals surface area contributed by atoms with Crippen molar-refractivity contribution in [2.75, 3.05) is 13.2 Å².